The standard InChI is InChI=1S/C28H25N5OS/c29-21-10-13-33(14-11-21)28(34)19-3-1-18(2-4-19)20-5-7-23-24(9-12-30-25(23)15-20)32-22-6-8-27-26(16-22)31-17-35-27/h1-9,12,15-17,21H,10-11,13-14,29H2,(H,30,32). The van der Waals surface area contributed by atoms with Crippen LogP contribution in [-0.2, 0) is 0 Å². The second-order valence-electron chi connectivity index (χ2n) is 8.96. The van der Waals surface area contributed by atoms with Crippen LogP contribution in [0.1, 0.15) is 23.2 Å². The number of amides is 1. The maximum absolute atomic E-state index is 12.8. The molecule has 0 unspecified atom stereocenters. The lowest BCUT2D eigenvalue weighted by Crippen LogP contribution is -2.42. The number of nitrogens with one attached hydrogen (secondary N) is 1. The smallest absolute Gasteiger partial charge is 0.253 e. The van der Waals surface area contributed by atoms with Crippen LogP contribution in [0.3, 0.4) is 0 Å². The van der Waals surface area contributed by atoms with Crippen molar-refractivity contribution in [2.24, 2.45) is 5.73 Å². The highest BCUT2D eigenvalue weighted by Gasteiger charge is 2.21. The van der Waals surface area contributed by atoms with Gasteiger partial charge in [-0.1, -0.05) is 24.3 Å². The number of aromatic nitrogens is 2. The number of pyridine rings is 1. The molecule has 174 valence electrons. The first kappa shape index (κ1) is 21.7. The van der Waals surface area contributed by atoms with Crippen LogP contribution >= 0.6 is 11.3 Å². The van der Waals surface area contributed by atoms with Gasteiger partial charge in [-0.3, -0.25) is 9.78 Å². The van der Waals surface area contributed by atoms with Gasteiger partial charge in [0.25, 0.3) is 5.91 Å². The zero-order valence-corrected chi connectivity index (χ0v) is 20.0. The van der Waals surface area contributed by atoms with E-state index in [2.05, 4.69) is 51.7 Å². The van der Waals surface area contributed by atoms with Crippen molar-refractivity contribution in [1.29, 1.82) is 0 Å². The number of carbonyl (C=O) groups excluding carboxylic acids is 1. The largest absolute Gasteiger partial charge is 0.355 e. The predicted molar refractivity (Wildman–Crippen MR) is 143 cm³/mol. The van der Waals surface area contributed by atoms with Gasteiger partial charge in [0.1, 0.15) is 0 Å². The van der Waals surface area contributed by atoms with Gasteiger partial charge in [0.05, 0.1) is 21.2 Å². The molecule has 0 bridgehead atoms. The Bertz CT molecular complexity index is 1520. The fourth-order valence-electron chi connectivity index (χ4n) is 4.62. The molecule has 1 aliphatic heterocycles. The second-order valence-corrected chi connectivity index (χ2v) is 9.84. The molecule has 1 aliphatic rings. The summed E-state index contributed by atoms with van der Waals surface area (Å²) in [7, 11) is 0. The average Bonchev–Trinajstić information content (AvgIpc) is 3.37. The molecular formula is C28H25N5OS. The monoisotopic (exact) mass is 479 g/mol. The highest BCUT2D eigenvalue weighted by Crippen LogP contribution is 2.31. The van der Waals surface area contributed by atoms with E-state index in [1.54, 1.807) is 11.3 Å². The van der Waals surface area contributed by atoms with Crippen LogP contribution in [0.2, 0.25) is 0 Å². The number of rotatable bonds is 4. The van der Waals surface area contributed by atoms with E-state index in [1.807, 2.05) is 46.9 Å². The summed E-state index contributed by atoms with van der Waals surface area (Å²) in [4.78, 5) is 23.8. The van der Waals surface area contributed by atoms with Crippen LogP contribution in [0.15, 0.2) is 78.4 Å². The van der Waals surface area contributed by atoms with E-state index < -0.39 is 0 Å². The summed E-state index contributed by atoms with van der Waals surface area (Å²) < 4.78 is 1.17. The Morgan fingerprint density at radius 3 is 2.54 bits per heavy atom. The molecule has 3 N–H and O–H groups in total. The van der Waals surface area contributed by atoms with Crippen LogP contribution in [0.25, 0.3) is 32.2 Å². The molecular weight excluding hydrogens is 454 g/mol. The van der Waals surface area contributed by atoms with Crippen molar-refractivity contribution in [2.45, 2.75) is 18.9 Å². The van der Waals surface area contributed by atoms with Gasteiger partial charge in [0, 0.05) is 47.7 Å². The zero-order chi connectivity index (χ0) is 23.8. The van der Waals surface area contributed by atoms with Crippen molar-refractivity contribution in [1.82, 2.24) is 14.9 Å². The Balaban J connectivity index is 1.24. The zero-order valence-electron chi connectivity index (χ0n) is 19.1. The molecule has 2 aromatic heterocycles. The Kier molecular flexibility index (Phi) is 5.64. The first-order valence-electron chi connectivity index (χ1n) is 11.8. The third-order valence-corrected chi connectivity index (χ3v) is 7.45. The van der Waals surface area contributed by atoms with E-state index in [4.69, 9.17) is 5.73 Å². The molecule has 6 rings (SSSR count). The highest BCUT2D eigenvalue weighted by molar-refractivity contribution is 7.16. The summed E-state index contributed by atoms with van der Waals surface area (Å²) in [6, 6.07) is 22.5. The van der Waals surface area contributed by atoms with Gasteiger partial charge < -0.3 is 16.0 Å². The van der Waals surface area contributed by atoms with Gasteiger partial charge >= 0.3 is 0 Å². The number of piperidine rings is 1. The summed E-state index contributed by atoms with van der Waals surface area (Å²) in [5, 5.41) is 4.56. The maximum Gasteiger partial charge on any atom is 0.253 e. The van der Waals surface area contributed by atoms with E-state index in [-0.39, 0.29) is 11.9 Å². The molecule has 7 heteroatoms. The Labute approximate surface area is 207 Å². The minimum absolute atomic E-state index is 0.0789. The molecule has 3 heterocycles. The summed E-state index contributed by atoms with van der Waals surface area (Å²) in [6.07, 6.45) is 3.55. The molecule has 1 amide bonds. The summed E-state index contributed by atoms with van der Waals surface area (Å²) in [5.74, 6) is 0.0789. The number of thiazole rings is 1. The number of carbonyl (C=O) groups is 1. The summed E-state index contributed by atoms with van der Waals surface area (Å²) >= 11 is 1.64. The van der Waals surface area contributed by atoms with Gasteiger partial charge in [-0.15, -0.1) is 11.3 Å². The van der Waals surface area contributed by atoms with Gasteiger partial charge in [0.15, 0.2) is 0 Å². The fourth-order valence-corrected chi connectivity index (χ4v) is 5.28. The number of nitrogens with two attached hydrogens (primary N) is 1. The number of likely N-dealkylation sites (tertiary alicyclic amines) is 1. The Morgan fingerprint density at radius 2 is 1.71 bits per heavy atom. The molecule has 3 aromatic carbocycles. The van der Waals surface area contributed by atoms with Gasteiger partial charge in [0.2, 0.25) is 0 Å². The fraction of sp³-hybridized carbons (Fsp3) is 0.179. The average molecular weight is 480 g/mol. The van der Waals surface area contributed by atoms with Crippen molar-refractivity contribution in [2.75, 3.05) is 18.4 Å². The molecule has 0 radical (unpaired) electrons. The molecule has 6 nitrogen and oxygen atoms in total. The van der Waals surface area contributed by atoms with Crippen molar-refractivity contribution >= 4 is 49.7 Å². The lowest BCUT2D eigenvalue weighted by molar-refractivity contribution is 0.0715. The van der Waals surface area contributed by atoms with Crippen LogP contribution in [-0.4, -0.2) is 39.9 Å². The van der Waals surface area contributed by atoms with Crippen LogP contribution < -0.4 is 11.1 Å². The molecule has 0 aliphatic carbocycles. The molecule has 1 fully saturated rings. The van der Waals surface area contributed by atoms with Crippen LogP contribution in [0.5, 0.6) is 0 Å². The van der Waals surface area contributed by atoms with Gasteiger partial charge in [-0.2, -0.15) is 0 Å². The number of anilines is 2. The van der Waals surface area contributed by atoms with E-state index in [1.165, 1.54) is 4.70 Å². The lowest BCUT2D eigenvalue weighted by Gasteiger charge is -2.30. The number of hydrogen-bond acceptors (Lipinski definition) is 6. The third kappa shape index (κ3) is 4.36. The molecule has 1 saturated heterocycles. The Morgan fingerprint density at radius 1 is 0.914 bits per heavy atom. The van der Waals surface area contributed by atoms with Crippen molar-refractivity contribution in [3.8, 4) is 11.1 Å². The lowest BCUT2D eigenvalue weighted by atomic mass is 10.0. The maximum atomic E-state index is 12.8. The molecule has 0 atom stereocenters. The van der Waals surface area contributed by atoms with Crippen molar-refractivity contribution in [3.63, 3.8) is 0 Å². The normalized spacial score (nSPS) is 14.5. The van der Waals surface area contributed by atoms with Gasteiger partial charge in [-0.25, -0.2) is 4.98 Å². The van der Waals surface area contributed by atoms with Crippen molar-refractivity contribution in [3.05, 3.63) is 84.0 Å². The quantitative estimate of drug-likeness (QED) is 0.339. The first-order valence-corrected chi connectivity index (χ1v) is 12.7. The topological polar surface area (TPSA) is 84.1 Å². The van der Waals surface area contributed by atoms with Crippen LogP contribution in [0, 0.1) is 0 Å². The minimum Gasteiger partial charge on any atom is -0.355 e. The third-order valence-electron chi connectivity index (χ3n) is 6.64. The van der Waals surface area contributed by atoms with E-state index in [9.17, 15) is 4.79 Å². The number of nitrogens with zero attached hydrogens (tertiary/aromatic N) is 3. The molecule has 5 aromatic rings. The van der Waals surface area contributed by atoms with E-state index in [0.717, 1.165) is 64.9 Å². The molecule has 0 spiro atoms. The molecule has 35 heavy (non-hydrogen) atoms. The minimum atomic E-state index is 0.0789. The molecule has 0 saturated carbocycles. The first-order chi connectivity index (χ1) is 17.1. The summed E-state index contributed by atoms with van der Waals surface area (Å²) in [6.45, 7) is 1.46. The SMILES string of the molecule is NC1CCN(C(=O)c2ccc(-c3ccc4c(Nc5ccc6scnc6c5)ccnc4c3)cc2)CC1. The Hall–Kier alpha value is -3.81. The number of fused-ring (bicyclic) bond motifs is 2. The second kappa shape index (κ2) is 9.09. The predicted octanol–water partition coefficient (Wildman–Crippen LogP) is 5.82. The number of benzene rings is 3. The van der Waals surface area contributed by atoms with Crippen molar-refractivity contribution < 1.29 is 4.79 Å². The van der Waals surface area contributed by atoms with E-state index in [0.29, 0.717) is 5.56 Å². The van der Waals surface area contributed by atoms with E-state index >= 15 is 0 Å². The van der Waals surface area contributed by atoms with Crippen LogP contribution in [0.4, 0.5) is 11.4 Å². The summed E-state index contributed by atoms with van der Waals surface area (Å²) in [5.41, 5.74) is 14.6. The van der Waals surface area contributed by atoms with Gasteiger partial charge in [-0.05, 0) is 66.4 Å². The highest BCUT2D eigenvalue weighted by atomic mass is 32.1. The number of hydrogen-bond donors (Lipinski definition) is 2.